The Kier molecular flexibility index (Phi) is 7.40. The van der Waals surface area contributed by atoms with Crippen molar-refractivity contribution < 1.29 is 28.9 Å². The number of carbonyl (C=O) groups excluding carboxylic acids is 1. The van der Waals surface area contributed by atoms with Crippen molar-refractivity contribution in [2.75, 3.05) is 13.2 Å². The van der Waals surface area contributed by atoms with E-state index in [0.29, 0.717) is 25.7 Å². The van der Waals surface area contributed by atoms with Gasteiger partial charge < -0.3 is 14.9 Å². The molecule has 0 saturated carbocycles. The smallest absolute Gasteiger partial charge is 0.338 e. The van der Waals surface area contributed by atoms with Crippen LogP contribution < -0.4 is 0 Å². The van der Waals surface area contributed by atoms with E-state index in [1.807, 2.05) is 0 Å². The van der Waals surface area contributed by atoms with Crippen LogP contribution in [0.4, 0.5) is 4.39 Å². The number of carboxylic acid groups (broad SMARTS) is 1. The average Bonchev–Trinajstić information content (AvgIpc) is 2.76. The molecule has 1 rings (SSSR count). The van der Waals surface area contributed by atoms with Gasteiger partial charge >= 0.3 is 5.97 Å². The van der Waals surface area contributed by atoms with E-state index in [1.165, 1.54) is 0 Å². The standard InChI is InChI=1S/C14H21FO5/c15-12(14(18)19)5-3-1-2-4-10-8-11(9-13(10)17)20-7-6-16/h8,11-12,16H,1-7,9H2,(H,18,19). The molecule has 0 heterocycles. The van der Waals surface area contributed by atoms with Crippen LogP contribution in [0.5, 0.6) is 0 Å². The molecule has 0 spiro atoms. The Labute approximate surface area is 117 Å². The highest BCUT2D eigenvalue weighted by Gasteiger charge is 2.23. The van der Waals surface area contributed by atoms with E-state index in [-0.39, 0.29) is 31.5 Å². The number of aliphatic hydroxyl groups is 1. The van der Waals surface area contributed by atoms with Crippen molar-refractivity contribution in [3.05, 3.63) is 11.6 Å². The maximum Gasteiger partial charge on any atom is 0.338 e. The van der Waals surface area contributed by atoms with Crippen LogP contribution in [0.3, 0.4) is 0 Å². The fourth-order valence-electron chi connectivity index (χ4n) is 2.16. The van der Waals surface area contributed by atoms with Crippen LogP contribution in [-0.4, -0.2) is 47.5 Å². The number of halogens is 1. The molecule has 1 aliphatic rings. The lowest BCUT2D eigenvalue weighted by Gasteiger charge is -2.05. The summed E-state index contributed by atoms with van der Waals surface area (Å²) in [4.78, 5) is 21.9. The van der Waals surface area contributed by atoms with E-state index in [4.69, 9.17) is 14.9 Å². The Bertz CT molecular complexity index is 367. The average molecular weight is 288 g/mol. The van der Waals surface area contributed by atoms with E-state index >= 15 is 0 Å². The molecule has 20 heavy (non-hydrogen) atoms. The predicted molar refractivity (Wildman–Crippen MR) is 70.1 cm³/mol. The molecule has 6 heteroatoms. The van der Waals surface area contributed by atoms with Crippen molar-refractivity contribution in [3.63, 3.8) is 0 Å². The first-order valence-corrected chi connectivity index (χ1v) is 6.87. The Hall–Kier alpha value is -1.27. The summed E-state index contributed by atoms with van der Waals surface area (Å²) < 4.78 is 18.1. The zero-order valence-electron chi connectivity index (χ0n) is 11.4. The Morgan fingerprint density at radius 3 is 2.85 bits per heavy atom. The molecule has 0 aliphatic heterocycles. The number of aliphatic carboxylic acids is 1. The fourth-order valence-corrected chi connectivity index (χ4v) is 2.16. The monoisotopic (exact) mass is 288 g/mol. The maximum absolute atomic E-state index is 12.8. The SMILES string of the molecule is O=C1CC(OCCO)C=C1CCCCCC(F)C(=O)O. The molecular weight excluding hydrogens is 267 g/mol. The molecule has 2 atom stereocenters. The van der Waals surface area contributed by atoms with Crippen molar-refractivity contribution in [3.8, 4) is 0 Å². The molecule has 1 aliphatic carbocycles. The first kappa shape index (κ1) is 16.8. The van der Waals surface area contributed by atoms with Gasteiger partial charge in [-0.1, -0.05) is 6.42 Å². The number of unbranched alkanes of at least 4 members (excludes halogenated alkanes) is 2. The summed E-state index contributed by atoms with van der Waals surface area (Å²) in [5.41, 5.74) is 0.725. The lowest BCUT2D eigenvalue weighted by atomic mass is 10.0. The van der Waals surface area contributed by atoms with E-state index in [0.717, 1.165) is 12.0 Å². The first-order chi connectivity index (χ1) is 9.54. The fraction of sp³-hybridized carbons (Fsp3) is 0.714. The van der Waals surface area contributed by atoms with Crippen LogP contribution in [-0.2, 0) is 14.3 Å². The number of hydrogen-bond acceptors (Lipinski definition) is 4. The number of ketones is 1. The molecule has 0 bridgehead atoms. The molecule has 0 radical (unpaired) electrons. The van der Waals surface area contributed by atoms with Crippen molar-refractivity contribution in [2.24, 2.45) is 0 Å². The van der Waals surface area contributed by atoms with Gasteiger partial charge in [0.2, 0.25) is 0 Å². The quantitative estimate of drug-likeness (QED) is 0.597. The number of ether oxygens (including phenoxy) is 1. The molecule has 5 nitrogen and oxygen atoms in total. The number of rotatable bonds is 10. The highest BCUT2D eigenvalue weighted by Crippen LogP contribution is 2.22. The van der Waals surface area contributed by atoms with Gasteiger partial charge in [-0.05, 0) is 37.3 Å². The summed E-state index contributed by atoms with van der Waals surface area (Å²) in [6.45, 7) is 0.149. The third kappa shape index (κ3) is 5.79. The summed E-state index contributed by atoms with van der Waals surface area (Å²) in [5.74, 6) is -1.36. The number of aliphatic hydroxyl groups excluding tert-OH is 1. The number of alkyl halides is 1. The summed E-state index contributed by atoms with van der Waals surface area (Å²) >= 11 is 0. The van der Waals surface area contributed by atoms with Crippen molar-refractivity contribution >= 4 is 11.8 Å². The molecule has 0 fully saturated rings. The van der Waals surface area contributed by atoms with Crippen molar-refractivity contribution in [1.29, 1.82) is 0 Å². The van der Waals surface area contributed by atoms with Gasteiger partial charge in [0.1, 0.15) is 0 Å². The minimum Gasteiger partial charge on any atom is -0.479 e. The van der Waals surface area contributed by atoms with Crippen LogP contribution in [0.15, 0.2) is 11.6 Å². The number of carbonyl (C=O) groups is 2. The Balaban J connectivity index is 2.18. The van der Waals surface area contributed by atoms with Crippen LogP contribution in [0, 0.1) is 0 Å². The molecule has 2 unspecified atom stereocenters. The van der Waals surface area contributed by atoms with Gasteiger partial charge in [0, 0.05) is 6.42 Å². The normalized spacial score (nSPS) is 20.0. The van der Waals surface area contributed by atoms with Crippen molar-refractivity contribution in [2.45, 2.75) is 50.8 Å². The molecule has 0 aromatic heterocycles. The number of Topliss-reactive ketones (excluding diaryl/α,β-unsaturated/α-hetero) is 1. The topological polar surface area (TPSA) is 83.8 Å². The molecule has 0 amide bonds. The summed E-state index contributed by atoms with van der Waals surface area (Å²) in [7, 11) is 0. The second kappa shape index (κ2) is 8.81. The first-order valence-electron chi connectivity index (χ1n) is 6.87. The lowest BCUT2D eigenvalue weighted by molar-refractivity contribution is -0.143. The minimum atomic E-state index is -1.79. The zero-order chi connectivity index (χ0) is 15.0. The second-order valence-corrected chi connectivity index (χ2v) is 4.86. The van der Waals surface area contributed by atoms with Gasteiger partial charge in [-0.2, -0.15) is 0 Å². The van der Waals surface area contributed by atoms with E-state index in [9.17, 15) is 14.0 Å². The maximum atomic E-state index is 12.8. The van der Waals surface area contributed by atoms with Crippen LogP contribution in [0.1, 0.15) is 38.5 Å². The van der Waals surface area contributed by atoms with E-state index < -0.39 is 12.1 Å². The van der Waals surface area contributed by atoms with Crippen molar-refractivity contribution in [1.82, 2.24) is 0 Å². The summed E-state index contributed by atoms with van der Waals surface area (Å²) in [6, 6.07) is 0. The van der Waals surface area contributed by atoms with Crippen LogP contribution in [0.25, 0.3) is 0 Å². The molecule has 114 valence electrons. The van der Waals surface area contributed by atoms with Gasteiger partial charge in [0.25, 0.3) is 0 Å². The highest BCUT2D eigenvalue weighted by molar-refractivity contribution is 5.98. The van der Waals surface area contributed by atoms with Gasteiger partial charge in [0.05, 0.1) is 19.3 Å². The van der Waals surface area contributed by atoms with E-state index in [1.54, 1.807) is 6.08 Å². The molecule has 0 saturated heterocycles. The van der Waals surface area contributed by atoms with Gasteiger partial charge in [0.15, 0.2) is 12.0 Å². The van der Waals surface area contributed by atoms with Crippen LogP contribution >= 0.6 is 0 Å². The number of carboxylic acids is 1. The second-order valence-electron chi connectivity index (χ2n) is 4.86. The highest BCUT2D eigenvalue weighted by atomic mass is 19.1. The van der Waals surface area contributed by atoms with Crippen LogP contribution in [0.2, 0.25) is 0 Å². The summed E-state index contributed by atoms with van der Waals surface area (Å²) in [5, 5.41) is 17.0. The lowest BCUT2D eigenvalue weighted by Crippen LogP contribution is -2.13. The third-order valence-electron chi connectivity index (χ3n) is 3.23. The number of allylic oxidation sites excluding steroid dienone is 1. The Morgan fingerprint density at radius 2 is 2.20 bits per heavy atom. The molecule has 0 aromatic rings. The van der Waals surface area contributed by atoms with Gasteiger partial charge in [-0.15, -0.1) is 0 Å². The number of hydrogen-bond donors (Lipinski definition) is 2. The zero-order valence-corrected chi connectivity index (χ0v) is 11.4. The third-order valence-corrected chi connectivity index (χ3v) is 3.23. The predicted octanol–water partition coefficient (Wildman–Crippen LogP) is 1.64. The van der Waals surface area contributed by atoms with Gasteiger partial charge in [-0.25, -0.2) is 9.18 Å². The molecule has 2 N–H and O–H groups in total. The Morgan fingerprint density at radius 1 is 1.45 bits per heavy atom. The minimum absolute atomic E-state index is 0.0184. The van der Waals surface area contributed by atoms with Gasteiger partial charge in [-0.3, -0.25) is 4.79 Å². The molecule has 0 aromatic carbocycles. The largest absolute Gasteiger partial charge is 0.479 e. The van der Waals surface area contributed by atoms with E-state index in [2.05, 4.69) is 0 Å². The summed E-state index contributed by atoms with van der Waals surface area (Å²) in [6.07, 6.45) is 2.63. The molecular formula is C14H21FO5.